The molecule has 102 valence electrons. The van der Waals surface area contributed by atoms with Crippen LogP contribution < -0.4 is 5.32 Å². The quantitative estimate of drug-likeness (QED) is 0.923. The summed E-state index contributed by atoms with van der Waals surface area (Å²) in [4.78, 5) is 2.27. The zero-order valence-electron chi connectivity index (χ0n) is 10.6. The van der Waals surface area contributed by atoms with E-state index in [0.717, 1.165) is 38.8 Å². The molecule has 1 aliphatic heterocycles. The molecule has 0 spiro atoms. The van der Waals surface area contributed by atoms with Gasteiger partial charge in [-0.05, 0) is 12.5 Å². The predicted octanol–water partition coefficient (Wildman–Crippen LogP) is 2.16. The molecule has 1 aromatic carbocycles. The summed E-state index contributed by atoms with van der Waals surface area (Å²) in [6, 6.07) is 2.49. The molecule has 3 nitrogen and oxygen atoms in total. The van der Waals surface area contributed by atoms with Gasteiger partial charge in [-0.15, -0.1) is 0 Å². The SMILES string of the molecule is Fc1cc(F)c2ccoc2c1CCN1CCNCC1. The van der Waals surface area contributed by atoms with Crippen molar-refractivity contribution in [2.75, 3.05) is 32.7 Å². The molecule has 0 amide bonds. The number of hydrogen-bond acceptors (Lipinski definition) is 3. The average Bonchev–Trinajstić information content (AvgIpc) is 2.89. The van der Waals surface area contributed by atoms with Gasteiger partial charge in [0.2, 0.25) is 0 Å². The summed E-state index contributed by atoms with van der Waals surface area (Å²) in [7, 11) is 0. The van der Waals surface area contributed by atoms with Crippen molar-refractivity contribution in [3.8, 4) is 0 Å². The Hall–Kier alpha value is -1.46. The highest BCUT2D eigenvalue weighted by molar-refractivity contribution is 5.81. The molecular weight excluding hydrogens is 250 g/mol. The van der Waals surface area contributed by atoms with Gasteiger partial charge in [-0.2, -0.15) is 0 Å². The van der Waals surface area contributed by atoms with Crippen LogP contribution in [0.3, 0.4) is 0 Å². The standard InChI is InChI=1S/C14H16F2N2O/c15-12-9-13(16)11-2-8-19-14(11)10(12)1-5-18-6-3-17-4-7-18/h2,8-9,17H,1,3-7H2. The van der Waals surface area contributed by atoms with Gasteiger partial charge < -0.3 is 14.6 Å². The van der Waals surface area contributed by atoms with Crippen LogP contribution in [0.2, 0.25) is 0 Å². The highest BCUT2D eigenvalue weighted by Gasteiger charge is 2.17. The highest BCUT2D eigenvalue weighted by Crippen LogP contribution is 2.26. The summed E-state index contributed by atoms with van der Waals surface area (Å²) in [6.07, 6.45) is 1.94. The van der Waals surface area contributed by atoms with Crippen molar-refractivity contribution in [3.05, 3.63) is 35.6 Å². The minimum Gasteiger partial charge on any atom is -0.464 e. The third-order valence-corrected chi connectivity index (χ3v) is 3.63. The summed E-state index contributed by atoms with van der Waals surface area (Å²) < 4.78 is 32.7. The molecule has 19 heavy (non-hydrogen) atoms. The molecule has 1 N–H and O–H groups in total. The number of hydrogen-bond donors (Lipinski definition) is 1. The number of nitrogens with zero attached hydrogens (tertiary/aromatic N) is 1. The molecule has 0 radical (unpaired) electrons. The van der Waals surface area contributed by atoms with Crippen LogP contribution in [0.25, 0.3) is 11.0 Å². The smallest absolute Gasteiger partial charge is 0.142 e. The van der Waals surface area contributed by atoms with Gasteiger partial charge in [0.05, 0.1) is 11.6 Å². The van der Waals surface area contributed by atoms with E-state index in [9.17, 15) is 8.78 Å². The van der Waals surface area contributed by atoms with E-state index in [4.69, 9.17) is 4.42 Å². The molecule has 5 heteroatoms. The average molecular weight is 266 g/mol. The van der Waals surface area contributed by atoms with Crippen LogP contribution in [0.4, 0.5) is 8.78 Å². The minimum absolute atomic E-state index is 0.340. The van der Waals surface area contributed by atoms with Crippen LogP contribution in [0.1, 0.15) is 5.56 Å². The lowest BCUT2D eigenvalue weighted by Crippen LogP contribution is -2.44. The lowest BCUT2D eigenvalue weighted by Gasteiger charge is -2.27. The molecule has 0 saturated carbocycles. The first-order valence-corrected chi connectivity index (χ1v) is 6.53. The van der Waals surface area contributed by atoms with E-state index in [1.807, 2.05) is 0 Å². The number of nitrogens with one attached hydrogen (secondary N) is 1. The van der Waals surface area contributed by atoms with Crippen molar-refractivity contribution >= 4 is 11.0 Å². The van der Waals surface area contributed by atoms with Crippen molar-refractivity contribution in [1.29, 1.82) is 0 Å². The topological polar surface area (TPSA) is 28.4 Å². The van der Waals surface area contributed by atoms with E-state index < -0.39 is 11.6 Å². The highest BCUT2D eigenvalue weighted by atomic mass is 19.1. The zero-order valence-corrected chi connectivity index (χ0v) is 10.6. The Kier molecular flexibility index (Phi) is 3.48. The third kappa shape index (κ3) is 2.48. The maximum atomic E-state index is 13.9. The van der Waals surface area contributed by atoms with Crippen LogP contribution in [0.15, 0.2) is 22.8 Å². The third-order valence-electron chi connectivity index (χ3n) is 3.63. The van der Waals surface area contributed by atoms with Crippen LogP contribution in [-0.4, -0.2) is 37.6 Å². The summed E-state index contributed by atoms with van der Waals surface area (Å²) in [5.74, 6) is -1.08. The number of furan rings is 1. The van der Waals surface area contributed by atoms with Gasteiger partial charge in [0.25, 0.3) is 0 Å². The Bertz CT molecular complexity index is 576. The number of halogens is 2. The molecule has 0 atom stereocenters. The summed E-state index contributed by atoms with van der Waals surface area (Å²) in [5.41, 5.74) is 0.813. The molecule has 1 aromatic heterocycles. The fourth-order valence-corrected chi connectivity index (χ4v) is 2.55. The van der Waals surface area contributed by atoms with Crippen LogP contribution in [0, 0.1) is 11.6 Å². The Balaban J connectivity index is 1.81. The van der Waals surface area contributed by atoms with Gasteiger partial charge in [-0.1, -0.05) is 0 Å². The Labute approximate surface area is 110 Å². The first kappa shape index (κ1) is 12.6. The number of piperazine rings is 1. The molecule has 0 aliphatic carbocycles. The van der Waals surface area contributed by atoms with Gasteiger partial charge in [0.15, 0.2) is 0 Å². The van der Waals surface area contributed by atoms with Gasteiger partial charge in [-0.3, -0.25) is 0 Å². The molecule has 1 saturated heterocycles. The molecule has 1 fully saturated rings. The molecular formula is C14H16F2N2O. The molecule has 0 bridgehead atoms. The first-order chi connectivity index (χ1) is 9.25. The fourth-order valence-electron chi connectivity index (χ4n) is 2.55. The lowest BCUT2D eigenvalue weighted by molar-refractivity contribution is 0.243. The monoisotopic (exact) mass is 266 g/mol. The van der Waals surface area contributed by atoms with E-state index >= 15 is 0 Å². The number of benzene rings is 1. The molecule has 2 heterocycles. The fraction of sp³-hybridized carbons (Fsp3) is 0.429. The van der Waals surface area contributed by atoms with E-state index in [2.05, 4.69) is 10.2 Å². The predicted molar refractivity (Wildman–Crippen MR) is 69.1 cm³/mol. The number of rotatable bonds is 3. The van der Waals surface area contributed by atoms with Crippen molar-refractivity contribution in [2.45, 2.75) is 6.42 Å². The van der Waals surface area contributed by atoms with Gasteiger partial charge in [0.1, 0.15) is 17.2 Å². The normalized spacial score (nSPS) is 17.2. The minimum atomic E-state index is -0.563. The molecule has 1 aliphatic rings. The molecule has 0 unspecified atom stereocenters. The van der Waals surface area contributed by atoms with E-state index in [0.29, 0.717) is 23.0 Å². The number of fused-ring (bicyclic) bond motifs is 1. The first-order valence-electron chi connectivity index (χ1n) is 6.53. The molecule has 3 rings (SSSR count). The van der Waals surface area contributed by atoms with Crippen molar-refractivity contribution in [1.82, 2.24) is 10.2 Å². The van der Waals surface area contributed by atoms with Crippen LogP contribution in [0.5, 0.6) is 0 Å². The van der Waals surface area contributed by atoms with Gasteiger partial charge in [-0.25, -0.2) is 8.78 Å². The van der Waals surface area contributed by atoms with Crippen molar-refractivity contribution in [3.63, 3.8) is 0 Å². The largest absolute Gasteiger partial charge is 0.464 e. The van der Waals surface area contributed by atoms with Crippen molar-refractivity contribution in [2.24, 2.45) is 0 Å². The van der Waals surface area contributed by atoms with Crippen molar-refractivity contribution < 1.29 is 13.2 Å². The van der Waals surface area contributed by atoms with Crippen LogP contribution in [-0.2, 0) is 6.42 Å². The van der Waals surface area contributed by atoms with Gasteiger partial charge >= 0.3 is 0 Å². The lowest BCUT2D eigenvalue weighted by atomic mass is 10.1. The Morgan fingerprint density at radius 2 is 2.00 bits per heavy atom. The molecule has 2 aromatic rings. The van der Waals surface area contributed by atoms with E-state index in [1.54, 1.807) is 6.07 Å². The zero-order chi connectivity index (χ0) is 13.2. The van der Waals surface area contributed by atoms with E-state index in [-0.39, 0.29) is 0 Å². The maximum Gasteiger partial charge on any atom is 0.142 e. The van der Waals surface area contributed by atoms with Crippen LogP contribution >= 0.6 is 0 Å². The summed E-state index contributed by atoms with van der Waals surface area (Å²) in [5, 5.41) is 3.63. The Morgan fingerprint density at radius 1 is 1.21 bits per heavy atom. The van der Waals surface area contributed by atoms with Gasteiger partial charge in [0, 0.05) is 44.4 Å². The second-order valence-corrected chi connectivity index (χ2v) is 4.82. The maximum absolute atomic E-state index is 13.9. The second-order valence-electron chi connectivity index (χ2n) is 4.82. The summed E-state index contributed by atoms with van der Waals surface area (Å²) in [6.45, 7) is 4.61. The van der Waals surface area contributed by atoms with E-state index in [1.165, 1.54) is 6.26 Å². The second kappa shape index (κ2) is 5.27. The Morgan fingerprint density at radius 3 is 2.79 bits per heavy atom. The summed E-state index contributed by atoms with van der Waals surface area (Å²) >= 11 is 0.